The average molecular weight is 415 g/mol. The van der Waals surface area contributed by atoms with Gasteiger partial charge in [-0.2, -0.15) is 5.10 Å². The zero-order chi connectivity index (χ0) is 20.6. The van der Waals surface area contributed by atoms with Gasteiger partial charge in [-0.25, -0.2) is 9.67 Å². The van der Waals surface area contributed by atoms with Crippen LogP contribution in [-0.2, 0) is 17.8 Å². The summed E-state index contributed by atoms with van der Waals surface area (Å²) in [6.45, 7) is 3.36. The summed E-state index contributed by atoms with van der Waals surface area (Å²) in [5, 5.41) is 7.61. The zero-order valence-corrected chi connectivity index (χ0v) is 17.1. The predicted octanol–water partition coefficient (Wildman–Crippen LogP) is 3.24. The molecule has 1 aromatic carbocycles. The van der Waals surface area contributed by atoms with Gasteiger partial charge in [-0.05, 0) is 18.6 Å². The van der Waals surface area contributed by atoms with Crippen LogP contribution >= 0.6 is 11.6 Å². The summed E-state index contributed by atoms with van der Waals surface area (Å²) < 4.78 is 12.2. The predicted molar refractivity (Wildman–Crippen MR) is 110 cm³/mol. The number of amides is 1. The molecule has 0 aliphatic carbocycles. The highest BCUT2D eigenvalue weighted by atomic mass is 35.5. The summed E-state index contributed by atoms with van der Waals surface area (Å²) in [4.78, 5) is 17.0. The smallest absolute Gasteiger partial charge is 0.256 e. The Bertz CT molecular complexity index is 960. The van der Waals surface area contributed by atoms with Crippen LogP contribution in [0, 0.1) is 6.92 Å². The second kappa shape index (κ2) is 10.0. The van der Waals surface area contributed by atoms with Gasteiger partial charge in [-0.15, -0.1) is 0 Å². The molecule has 7 nitrogen and oxygen atoms in total. The molecule has 0 bridgehead atoms. The molecule has 1 N–H and O–H groups in total. The molecule has 0 unspecified atom stereocenters. The number of ether oxygens (including phenoxy) is 2. The van der Waals surface area contributed by atoms with Crippen molar-refractivity contribution in [3.05, 3.63) is 76.2 Å². The van der Waals surface area contributed by atoms with Crippen LogP contribution in [0.2, 0.25) is 5.15 Å². The zero-order valence-electron chi connectivity index (χ0n) is 16.4. The number of aryl methyl sites for hydroxylation is 1. The van der Waals surface area contributed by atoms with Gasteiger partial charge in [0.2, 0.25) is 5.88 Å². The maximum absolute atomic E-state index is 12.8. The molecule has 0 radical (unpaired) electrons. The number of carbonyl (C=O) groups is 1. The first kappa shape index (κ1) is 20.8. The van der Waals surface area contributed by atoms with Gasteiger partial charge in [0.05, 0.1) is 24.4 Å². The third-order valence-corrected chi connectivity index (χ3v) is 4.67. The molecule has 0 aliphatic rings. The Morgan fingerprint density at radius 2 is 1.97 bits per heavy atom. The second-order valence-electron chi connectivity index (χ2n) is 6.39. The van der Waals surface area contributed by atoms with E-state index in [1.165, 1.54) is 0 Å². The van der Waals surface area contributed by atoms with Crippen LogP contribution in [0.25, 0.3) is 0 Å². The third kappa shape index (κ3) is 5.34. The van der Waals surface area contributed by atoms with Gasteiger partial charge in [-0.3, -0.25) is 4.79 Å². The van der Waals surface area contributed by atoms with Gasteiger partial charge in [0, 0.05) is 25.4 Å². The number of aromatic nitrogens is 3. The van der Waals surface area contributed by atoms with Gasteiger partial charge < -0.3 is 14.8 Å². The monoisotopic (exact) mass is 414 g/mol. The number of rotatable bonds is 9. The van der Waals surface area contributed by atoms with Gasteiger partial charge in [0.15, 0.2) is 0 Å². The van der Waals surface area contributed by atoms with Gasteiger partial charge >= 0.3 is 0 Å². The fraction of sp³-hybridized carbons (Fsp3) is 0.286. The summed E-state index contributed by atoms with van der Waals surface area (Å²) in [5.74, 6) is 0.172. The Morgan fingerprint density at radius 3 is 2.72 bits per heavy atom. The van der Waals surface area contributed by atoms with Gasteiger partial charge in [0.1, 0.15) is 11.8 Å². The van der Waals surface area contributed by atoms with E-state index in [9.17, 15) is 4.79 Å². The van der Waals surface area contributed by atoms with Crippen LogP contribution in [-0.4, -0.2) is 41.0 Å². The Kier molecular flexibility index (Phi) is 7.21. The van der Waals surface area contributed by atoms with Crippen molar-refractivity contribution < 1.29 is 14.3 Å². The third-order valence-electron chi connectivity index (χ3n) is 4.28. The lowest BCUT2D eigenvalue weighted by Crippen LogP contribution is -2.24. The van der Waals surface area contributed by atoms with Crippen LogP contribution in [0.4, 0.5) is 0 Å². The lowest BCUT2D eigenvalue weighted by atomic mass is 10.2. The van der Waals surface area contributed by atoms with Crippen molar-refractivity contribution in [3.8, 4) is 5.88 Å². The highest BCUT2D eigenvalue weighted by Gasteiger charge is 2.20. The number of benzene rings is 1. The molecule has 29 heavy (non-hydrogen) atoms. The van der Waals surface area contributed by atoms with Gasteiger partial charge in [-0.1, -0.05) is 48.0 Å². The average Bonchev–Trinajstić information content (AvgIpc) is 3.01. The number of hydrogen-bond acceptors (Lipinski definition) is 5. The number of methoxy groups -OCH3 is 1. The first-order valence-electron chi connectivity index (χ1n) is 9.20. The summed E-state index contributed by atoms with van der Waals surface area (Å²) in [6, 6.07) is 13.5. The SMILES string of the molecule is COCCOc1ncccc1CNC(=O)c1c(C)nn(Cc2ccccc2)c1Cl. The van der Waals surface area contributed by atoms with Crippen molar-refractivity contribution in [3.63, 3.8) is 0 Å². The quantitative estimate of drug-likeness (QED) is 0.544. The normalized spacial score (nSPS) is 10.7. The molecule has 8 heteroatoms. The Balaban J connectivity index is 1.69. The van der Waals surface area contributed by atoms with Crippen LogP contribution in [0.3, 0.4) is 0 Å². The van der Waals surface area contributed by atoms with E-state index in [1.54, 1.807) is 31.0 Å². The van der Waals surface area contributed by atoms with Crippen molar-refractivity contribution in [2.24, 2.45) is 0 Å². The number of nitrogens with zero attached hydrogens (tertiary/aromatic N) is 3. The van der Waals surface area contributed by atoms with E-state index in [2.05, 4.69) is 15.4 Å². The van der Waals surface area contributed by atoms with Crippen LogP contribution in [0.1, 0.15) is 27.2 Å². The van der Waals surface area contributed by atoms with Crippen molar-refractivity contribution in [1.82, 2.24) is 20.1 Å². The molecule has 0 spiro atoms. The number of hydrogen-bond donors (Lipinski definition) is 1. The molecular weight excluding hydrogens is 392 g/mol. The highest BCUT2D eigenvalue weighted by molar-refractivity contribution is 6.33. The van der Waals surface area contributed by atoms with Crippen molar-refractivity contribution in [2.75, 3.05) is 20.3 Å². The van der Waals surface area contributed by atoms with Crippen LogP contribution < -0.4 is 10.1 Å². The van der Waals surface area contributed by atoms with Crippen LogP contribution in [0.15, 0.2) is 48.7 Å². The van der Waals surface area contributed by atoms with E-state index >= 15 is 0 Å². The lowest BCUT2D eigenvalue weighted by Gasteiger charge is -2.11. The van der Waals surface area contributed by atoms with Crippen molar-refractivity contribution in [2.45, 2.75) is 20.0 Å². The van der Waals surface area contributed by atoms with E-state index in [-0.39, 0.29) is 12.5 Å². The molecule has 2 heterocycles. The molecule has 0 atom stereocenters. The molecule has 1 amide bonds. The summed E-state index contributed by atoms with van der Waals surface area (Å²) in [6.07, 6.45) is 1.64. The standard InChI is InChI=1S/C21H23ClN4O3/c1-15-18(19(22)26(25-15)14-16-7-4-3-5-8-16)20(27)24-13-17-9-6-10-23-21(17)29-12-11-28-2/h3-10H,11-14H2,1-2H3,(H,24,27). The lowest BCUT2D eigenvalue weighted by molar-refractivity contribution is 0.0949. The first-order valence-corrected chi connectivity index (χ1v) is 9.58. The molecule has 2 aromatic heterocycles. The van der Waals surface area contributed by atoms with Crippen LogP contribution in [0.5, 0.6) is 5.88 Å². The highest BCUT2D eigenvalue weighted by Crippen LogP contribution is 2.21. The maximum atomic E-state index is 12.8. The first-order chi connectivity index (χ1) is 14.1. The fourth-order valence-corrected chi connectivity index (χ4v) is 3.17. The topological polar surface area (TPSA) is 78.3 Å². The Morgan fingerprint density at radius 1 is 1.17 bits per heavy atom. The molecule has 152 valence electrons. The number of nitrogens with one attached hydrogen (secondary N) is 1. The fourth-order valence-electron chi connectivity index (χ4n) is 2.85. The van der Waals surface area contributed by atoms with Crippen molar-refractivity contribution in [1.29, 1.82) is 0 Å². The minimum atomic E-state index is -0.293. The minimum absolute atomic E-state index is 0.259. The largest absolute Gasteiger partial charge is 0.475 e. The van der Waals surface area contributed by atoms with E-state index in [4.69, 9.17) is 21.1 Å². The molecule has 3 rings (SSSR count). The molecule has 0 saturated heterocycles. The Labute approximate surface area is 174 Å². The number of pyridine rings is 1. The summed E-state index contributed by atoms with van der Waals surface area (Å²) in [7, 11) is 1.60. The maximum Gasteiger partial charge on any atom is 0.256 e. The minimum Gasteiger partial charge on any atom is -0.475 e. The van der Waals surface area contributed by atoms with Gasteiger partial charge in [0.25, 0.3) is 5.91 Å². The van der Waals surface area contributed by atoms with E-state index in [1.807, 2.05) is 36.4 Å². The molecule has 3 aromatic rings. The van der Waals surface area contributed by atoms with E-state index in [0.717, 1.165) is 11.1 Å². The molecule has 0 saturated carbocycles. The summed E-state index contributed by atoms with van der Waals surface area (Å²) in [5.41, 5.74) is 2.76. The number of halogens is 1. The van der Waals surface area contributed by atoms with E-state index in [0.29, 0.717) is 42.0 Å². The molecular formula is C21H23ClN4O3. The molecule has 0 aliphatic heterocycles. The van der Waals surface area contributed by atoms with Crippen molar-refractivity contribution >= 4 is 17.5 Å². The second-order valence-corrected chi connectivity index (χ2v) is 6.74. The molecule has 0 fully saturated rings. The summed E-state index contributed by atoms with van der Waals surface area (Å²) >= 11 is 6.46. The Hall–Kier alpha value is -2.90. The van der Waals surface area contributed by atoms with E-state index < -0.39 is 0 Å². The number of carbonyl (C=O) groups excluding carboxylic acids is 1.